The fourth-order valence-corrected chi connectivity index (χ4v) is 17.9. The van der Waals surface area contributed by atoms with Crippen LogP contribution in [0.25, 0.3) is 221 Å². The van der Waals surface area contributed by atoms with E-state index in [-0.39, 0.29) is 0 Å². The molecule has 0 aliphatic carbocycles. The Morgan fingerprint density at radius 1 is 0.224 bits per heavy atom. The number of furan rings is 4. The zero-order chi connectivity index (χ0) is 76.1. The summed E-state index contributed by atoms with van der Waals surface area (Å²) in [7, 11) is 0. The van der Waals surface area contributed by atoms with Crippen molar-refractivity contribution in [1.29, 1.82) is 0 Å². The van der Waals surface area contributed by atoms with Crippen LogP contribution in [0.1, 0.15) is 29.0 Å². The van der Waals surface area contributed by atoms with Gasteiger partial charge in [0, 0.05) is 70.9 Å². The Bertz CT molecular complexity index is 8040. The van der Waals surface area contributed by atoms with Gasteiger partial charge in [-0.25, -0.2) is 19.9 Å². The van der Waals surface area contributed by atoms with Crippen LogP contribution in [-0.4, -0.2) is 20.8 Å². The second kappa shape index (κ2) is 26.1. The predicted molar refractivity (Wildman–Crippen MR) is 474 cm³/mol. The number of hydrogen-bond donors (Lipinski definition) is 2. The molecule has 0 bridgehead atoms. The molecule has 6 heterocycles. The predicted octanol–water partition coefficient (Wildman–Crippen LogP) is 27.8. The maximum Gasteiger partial charge on any atom is 0.164 e. The molecule has 18 aromatic carbocycles. The second-order valence-electron chi connectivity index (χ2n) is 30.4. The van der Waals surface area contributed by atoms with Crippen molar-refractivity contribution in [3.05, 3.63) is 381 Å². The molecule has 0 fully saturated rings. The van der Waals surface area contributed by atoms with Gasteiger partial charge in [-0.1, -0.05) is 273 Å². The summed E-state index contributed by atoms with van der Waals surface area (Å²) in [4.78, 5) is 21.4. The molecule has 0 saturated carbocycles. The first kappa shape index (κ1) is 65.4. The van der Waals surface area contributed by atoms with E-state index in [1.54, 1.807) is 0 Å². The lowest BCUT2D eigenvalue weighted by Crippen LogP contribution is -2.45. The monoisotopic (exact) mass is 1480 g/mol. The van der Waals surface area contributed by atoms with E-state index in [1.807, 2.05) is 24.3 Å². The van der Waals surface area contributed by atoms with Crippen molar-refractivity contribution in [2.24, 2.45) is 4.99 Å². The van der Waals surface area contributed by atoms with E-state index in [2.05, 4.69) is 350 Å². The highest BCUT2D eigenvalue weighted by atomic mass is 16.3. The van der Waals surface area contributed by atoms with E-state index < -0.39 is 12.3 Å². The van der Waals surface area contributed by atoms with Gasteiger partial charge in [0.25, 0.3) is 0 Å². The molecule has 116 heavy (non-hydrogen) atoms. The fraction of sp³-hybridized carbons (Fsp3) is 0.0189. The lowest BCUT2D eigenvalue weighted by atomic mass is 9.91. The Hall–Kier alpha value is -15.4. The highest BCUT2D eigenvalue weighted by Gasteiger charge is 2.32. The van der Waals surface area contributed by atoms with Gasteiger partial charge in [-0.3, -0.25) is 5.32 Å². The van der Waals surface area contributed by atoms with Crippen molar-refractivity contribution in [2.75, 3.05) is 0 Å². The molecular weight excluding hydrogens is 1420 g/mol. The number of para-hydroxylation sites is 1. The van der Waals surface area contributed by atoms with Gasteiger partial charge in [0.05, 0.1) is 0 Å². The van der Waals surface area contributed by atoms with E-state index in [4.69, 9.17) is 37.6 Å². The Morgan fingerprint density at radius 2 is 0.664 bits per heavy atom. The van der Waals surface area contributed by atoms with Crippen LogP contribution in [0.3, 0.4) is 0 Å². The van der Waals surface area contributed by atoms with Crippen molar-refractivity contribution < 1.29 is 17.7 Å². The fourth-order valence-electron chi connectivity index (χ4n) is 17.9. The van der Waals surface area contributed by atoms with Gasteiger partial charge in [0.15, 0.2) is 17.5 Å². The van der Waals surface area contributed by atoms with Crippen molar-refractivity contribution in [1.82, 2.24) is 25.6 Å². The summed E-state index contributed by atoms with van der Waals surface area (Å²) in [6, 6.07) is 129. The Labute approximate surface area is 663 Å². The Morgan fingerprint density at radius 3 is 1.40 bits per heavy atom. The van der Waals surface area contributed by atoms with Crippen LogP contribution in [0.2, 0.25) is 0 Å². The molecule has 1 aliphatic heterocycles. The highest BCUT2D eigenvalue weighted by molar-refractivity contribution is 6.23. The number of aliphatic imine (C=N–C) groups is 1. The van der Waals surface area contributed by atoms with Crippen LogP contribution in [0, 0.1) is 0 Å². The average Bonchev–Trinajstić information content (AvgIpc) is 1.56. The first-order chi connectivity index (χ1) is 57.4. The van der Waals surface area contributed by atoms with Crippen LogP contribution >= 0.6 is 0 Å². The molecule has 0 radical (unpaired) electrons. The van der Waals surface area contributed by atoms with Crippen LogP contribution in [0.15, 0.2) is 387 Å². The van der Waals surface area contributed by atoms with Gasteiger partial charge >= 0.3 is 0 Å². The Kier molecular flexibility index (Phi) is 14.7. The summed E-state index contributed by atoms with van der Waals surface area (Å²) in [5.41, 5.74) is 23.0. The molecule has 24 rings (SSSR count). The third-order valence-corrected chi connectivity index (χ3v) is 23.6. The van der Waals surface area contributed by atoms with E-state index in [9.17, 15) is 0 Å². The van der Waals surface area contributed by atoms with Gasteiger partial charge in [-0.05, 0) is 195 Å². The summed E-state index contributed by atoms with van der Waals surface area (Å²) in [5, 5.41) is 25.0. The largest absolute Gasteiger partial charge is 0.456 e. The van der Waals surface area contributed by atoms with Gasteiger partial charge in [0.2, 0.25) is 0 Å². The van der Waals surface area contributed by atoms with Crippen LogP contribution in [0.4, 0.5) is 0 Å². The molecule has 5 aromatic heterocycles. The van der Waals surface area contributed by atoms with Gasteiger partial charge in [-0.15, -0.1) is 0 Å². The highest BCUT2D eigenvalue weighted by Crippen LogP contribution is 2.48. The molecular formula is C106H64N6O4. The van der Waals surface area contributed by atoms with Crippen molar-refractivity contribution >= 4 is 137 Å². The molecule has 10 nitrogen and oxygen atoms in total. The first-order valence-electron chi connectivity index (χ1n) is 39.2. The first-order valence-corrected chi connectivity index (χ1v) is 39.2. The third-order valence-electron chi connectivity index (χ3n) is 23.6. The van der Waals surface area contributed by atoms with Crippen LogP contribution in [0.5, 0.6) is 0 Å². The summed E-state index contributed by atoms with van der Waals surface area (Å²) in [6.45, 7) is 0. The third kappa shape index (κ3) is 10.9. The lowest BCUT2D eigenvalue weighted by Gasteiger charge is -2.33. The molecule has 1 aliphatic rings. The normalized spacial score (nSPS) is 13.9. The summed E-state index contributed by atoms with van der Waals surface area (Å²) >= 11 is 0. The van der Waals surface area contributed by atoms with E-state index in [0.29, 0.717) is 17.5 Å². The number of benzene rings is 18. The maximum absolute atomic E-state index is 6.94. The summed E-state index contributed by atoms with van der Waals surface area (Å²) in [5.74, 6) is 2.49. The molecule has 0 amide bonds. The van der Waals surface area contributed by atoms with Crippen molar-refractivity contribution in [3.63, 3.8) is 0 Å². The molecule has 542 valence electrons. The van der Waals surface area contributed by atoms with Crippen LogP contribution in [-0.2, 0) is 0 Å². The topological polar surface area (TPSA) is 128 Å². The number of nitrogens with zero attached hydrogens (tertiary/aromatic N) is 4. The minimum absolute atomic E-state index is 0.402. The number of nitrogens with one attached hydrogen (secondary N) is 2. The minimum atomic E-state index is -0.426. The van der Waals surface area contributed by atoms with Gasteiger partial charge in [-0.2, -0.15) is 0 Å². The van der Waals surface area contributed by atoms with Crippen molar-refractivity contribution in [3.8, 4) is 89.8 Å². The summed E-state index contributed by atoms with van der Waals surface area (Å²) < 4.78 is 27.3. The molecule has 23 aromatic rings. The molecule has 0 spiro atoms. The smallest absolute Gasteiger partial charge is 0.164 e. The number of hydrogen-bond acceptors (Lipinski definition) is 10. The number of rotatable bonds is 11. The van der Waals surface area contributed by atoms with Gasteiger partial charge < -0.3 is 23.0 Å². The van der Waals surface area contributed by atoms with E-state index >= 15 is 0 Å². The second-order valence-corrected chi connectivity index (χ2v) is 30.4. The molecule has 2 unspecified atom stereocenters. The van der Waals surface area contributed by atoms with E-state index in [1.165, 1.54) is 5.39 Å². The number of fused-ring (bicyclic) bond motifs is 16. The standard InChI is InChI=1S/C106H64N6O4/c1-3-16-61(17-4-1)65-32-38-67(39-33-65)101-107-103(76-46-36-63-20-7-9-22-69(63)52-76)110-105(109-101)84-27-15-31-92-99(84)97-82(26-14-30-91(97)115-92)81-25-13-29-90-96(81)87-56-73-44-42-72(55-79(73)60-95(87)116-90)71-43-45-74-59-94-86(58-78(74)54-71)85-57-75(48-50-89(85)114-94)80-49-51-93-98(83-24-11-12-28-88(83)113-93)100(80)106-111-102(68-40-34-66(35-41-68)62-18-5-2-6-19-62)108-104(112-106)77-47-37-64-21-8-10-23-70(64)53-77/h1-60,104,106,112H,(H,108,111). The average molecular weight is 1490 g/mol. The SMILES string of the molecule is c1ccc(-c2ccc(C3=NC(c4ccc5ccccc5c4)NC(c4c(-c5ccc6oc7cc8ccc(-c9ccc%10cc%11c(cc%10c9)oc9cccc(-c%10cccc%12oc%13cccc(-c%14nc(-c%15ccc(-c%16ccccc%16)cc%15)nc(-c%15ccc%16ccccc%16c%15)n%14)c%13c%10%12)c9%11)cc8cc7c6c5)ccc5oc6ccccc6c45)N3)cc2)cc1. The Balaban J connectivity index is 0.587. The molecule has 2 atom stereocenters. The molecule has 2 N–H and O–H groups in total. The molecule has 10 heteroatoms. The van der Waals surface area contributed by atoms with Crippen molar-refractivity contribution in [2.45, 2.75) is 12.3 Å². The number of amidine groups is 1. The molecule has 0 saturated heterocycles. The number of aromatic nitrogens is 3. The minimum Gasteiger partial charge on any atom is -0.456 e. The summed E-state index contributed by atoms with van der Waals surface area (Å²) in [6.07, 6.45) is -0.827. The van der Waals surface area contributed by atoms with Gasteiger partial charge in [0.1, 0.15) is 62.8 Å². The van der Waals surface area contributed by atoms with E-state index in [0.717, 1.165) is 220 Å². The lowest BCUT2D eigenvalue weighted by molar-refractivity contribution is 0.412. The zero-order valence-electron chi connectivity index (χ0n) is 62.2. The maximum atomic E-state index is 6.94. The zero-order valence-corrected chi connectivity index (χ0v) is 62.2. The van der Waals surface area contributed by atoms with Crippen LogP contribution < -0.4 is 10.6 Å². The quantitative estimate of drug-likeness (QED) is 0.130.